The van der Waals surface area contributed by atoms with Gasteiger partial charge in [0.15, 0.2) is 0 Å². The number of hydrogen-bond donors (Lipinski definition) is 2. The maximum absolute atomic E-state index is 11.7. The summed E-state index contributed by atoms with van der Waals surface area (Å²) in [5.74, 6) is -1.50. The molecule has 1 atom stereocenters. The molecular weight excluding hydrogens is 252 g/mol. The van der Waals surface area contributed by atoms with Crippen LogP contribution in [0.25, 0.3) is 0 Å². The molecule has 0 saturated carbocycles. The summed E-state index contributed by atoms with van der Waals surface area (Å²) in [5, 5.41) is 15.1. The second-order valence-corrected chi connectivity index (χ2v) is 4.77. The van der Waals surface area contributed by atoms with Gasteiger partial charge >= 0.3 is 11.7 Å². The van der Waals surface area contributed by atoms with Crippen LogP contribution < -0.4 is 11.0 Å². The summed E-state index contributed by atoms with van der Waals surface area (Å²) in [7, 11) is 1.52. The van der Waals surface area contributed by atoms with E-state index in [1.54, 1.807) is 0 Å². The van der Waals surface area contributed by atoms with E-state index in [0.717, 1.165) is 4.68 Å². The summed E-state index contributed by atoms with van der Waals surface area (Å²) in [6.45, 7) is 3.44. The number of carbonyl (C=O) groups excluding carboxylic acids is 1. The minimum absolute atomic E-state index is 0.138. The molecule has 19 heavy (non-hydrogen) atoms. The zero-order chi connectivity index (χ0) is 14.6. The van der Waals surface area contributed by atoms with Crippen molar-refractivity contribution < 1.29 is 14.7 Å². The van der Waals surface area contributed by atoms with Gasteiger partial charge < -0.3 is 10.4 Å². The van der Waals surface area contributed by atoms with Gasteiger partial charge in [0.05, 0.1) is 0 Å². The van der Waals surface area contributed by atoms with E-state index in [1.165, 1.54) is 17.9 Å². The first kappa shape index (κ1) is 14.9. The molecule has 1 aromatic rings. The summed E-state index contributed by atoms with van der Waals surface area (Å²) in [6.07, 6.45) is 1.62. The van der Waals surface area contributed by atoms with Crippen molar-refractivity contribution in [3.8, 4) is 0 Å². The number of aryl methyl sites for hydroxylation is 1. The summed E-state index contributed by atoms with van der Waals surface area (Å²) >= 11 is 0. The lowest BCUT2D eigenvalue weighted by Gasteiger charge is -2.16. The first-order valence-corrected chi connectivity index (χ1v) is 5.92. The van der Waals surface area contributed by atoms with Gasteiger partial charge in [-0.05, 0) is 12.3 Å². The van der Waals surface area contributed by atoms with Gasteiger partial charge in [-0.1, -0.05) is 13.8 Å². The number of nitrogens with one attached hydrogen (secondary N) is 1. The van der Waals surface area contributed by atoms with Crippen LogP contribution in [0.4, 0.5) is 0 Å². The van der Waals surface area contributed by atoms with Gasteiger partial charge in [-0.3, -0.25) is 9.36 Å². The van der Waals surface area contributed by atoms with Gasteiger partial charge in [-0.2, -0.15) is 5.10 Å². The van der Waals surface area contributed by atoms with Crippen molar-refractivity contribution in [2.24, 2.45) is 13.0 Å². The number of aliphatic carboxylic acids is 1. The van der Waals surface area contributed by atoms with Crippen molar-refractivity contribution in [1.82, 2.24) is 19.7 Å². The molecule has 1 amide bonds. The van der Waals surface area contributed by atoms with Crippen LogP contribution in [-0.4, -0.2) is 37.4 Å². The van der Waals surface area contributed by atoms with Crippen molar-refractivity contribution in [2.45, 2.75) is 32.9 Å². The van der Waals surface area contributed by atoms with Crippen molar-refractivity contribution in [3.05, 3.63) is 16.8 Å². The lowest BCUT2D eigenvalue weighted by molar-refractivity contribution is -0.142. The summed E-state index contributed by atoms with van der Waals surface area (Å²) in [4.78, 5) is 34.1. The largest absolute Gasteiger partial charge is 0.480 e. The van der Waals surface area contributed by atoms with Crippen molar-refractivity contribution in [1.29, 1.82) is 0 Å². The molecule has 8 nitrogen and oxygen atoms in total. The molecule has 0 bridgehead atoms. The Balaban J connectivity index is 2.65. The highest BCUT2D eigenvalue weighted by atomic mass is 16.4. The molecule has 1 heterocycles. The minimum atomic E-state index is -1.09. The Kier molecular flexibility index (Phi) is 4.85. The Bertz CT molecular complexity index is 517. The fourth-order valence-corrected chi connectivity index (χ4v) is 1.60. The number of aromatic nitrogens is 3. The van der Waals surface area contributed by atoms with Crippen molar-refractivity contribution in [3.63, 3.8) is 0 Å². The quantitative estimate of drug-likeness (QED) is 0.703. The lowest BCUT2D eigenvalue weighted by atomic mass is 10.0. The first-order valence-electron chi connectivity index (χ1n) is 5.92. The normalized spacial score (nSPS) is 12.4. The van der Waals surface area contributed by atoms with E-state index in [2.05, 4.69) is 10.4 Å². The second-order valence-electron chi connectivity index (χ2n) is 4.77. The van der Waals surface area contributed by atoms with E-state index in [-0.39, 0.29) is 12.5 Å². The molecule has 0 aliphatic heterocycles. The molecule has 2 N–H and O–H groups in total. The first-order chi connectivity index (χ1) is 8.81. The van der Waals surface area contributed by atoms with Crippen LogP contribution in [0.1, 0.15) is 20.3 Å². The Hall–Kier alpha value is -2.12. The molecule has 106 valence electrons. The van der Waals surface area contributed by atoms with Crippen LogP contribution in [0.2, 0.25) is 0 Å². The Morgan fingerprint density at radius 2 is 2.11 bits per heavy atom. The fourth-order valence-electron chi connectivity index (χ4n) is 1.60. The van der Waals surface area contributed by atoms with E-state index in [0.29, 0.717) is 6.42 Å². The Labute approximate surface area is 110 Å². The number of amides is 1. The molecule has 1 aromatic heterocycles. The highest BCUT2D eigenvalue weighted by Crippen LogP contribution is 2.04. The Morgan fingerprint density at radius 1 is 1.47 bits per heavy atom. The fraction of sp³-hybridized carbons (Fsp3) is 0.636. The van der Waals surface area contributed by atoms with Gasteiger partial charge in [0.2, 0.25) is 5.91 Å². The van der Waals surface area contributed by atoms with Crippen molar-refractivity contribution in [2.75, 3.05) is 0 Å². The highest BCUT2D eigenvalue weighted by molar-refractivity contribution is 5.83. The smallest absolute Gasteiger partial charge is 0.345 e. The SMILES string of the molecule is CC(C)CC(NC(=O)Cn1ncn(C)c1=O)C(=O)O. The number of hydrogen-bond acceptors (Lipinski definition) is 4. The van der Waals surface area contributed by atoms with E-state index in [4.69, 9.17) is 5.11 Å². The summed E-state index contributed by atoms with van der Waals surface area (Å²) in [6, 6.07) is -0.952. The Morgan fingerprint density at radius 3 is 2.53 bits per heavy atom. The monoisotopic (exact) mass is 270 g/mol. The number of carboxylic acid groups (broad SMARTS) is 1. The topological polar surface area (TPSA) is 106 Å². The van der Waals surface area contributed by atoms with Crippen LogP contribution in [-0.2, 0) is 23.2 Å². The second kappa shape index (κ2) is 6.17. The third kappa shape index (κ3) is 4.23. The average molecular weight is 270 g/mol. The van der Waals surface area contributed by atoms with E-state index >= 15 is 0 Å². The predicted molar refractivity (Wildman–Crippen MR) is 66.5 cm³/mol. The van der Waals surface area contributed by atoms with Crippen LogP contribution in [0, 0.1) is 5.92 Å². The van der Waals surface area contributed by atoms with Crippen LogP contribution in [0.5, 0.6) is 0 Å². The standard InChI is InChI=1S/C11H18N4O4/c1-7(2)4-8(10(17)18)13-9(16)5-15-11(19)14(3)6-12-15/h6-8H,4-5H2,1-3H3,(H,13,16)(H,17,18). The summed E-state index contributed by atoms with van der Waals surface area (Å²) < 4.78 is 2.21. The molecular formula is C11H18N4O4. The number of nitrogens with zero attached hydrogens (tertiary/aromatic N) is 3. The third-order valence-electron chi connectivity index (χ3n) is 2.52. The molecule has 0 fully saturated rings. The van der Waals surface area contributed by atoms with Crippen LogP contribution in [0.3, 0.4) is 0 Å². The molecule has 1 unspecified atom stereocenters. The van der Waals surface area contributed by atoms with Gasteiger partial charge in [0.25, 0.3) is 0 Å². The molecule has 0 radical (unpaired) electrons. The maximum Gasteiger partial charge on any atom is 0.345 e. The number of carboxylic acids is 1. The lowest BCUT2D eigenvalue weighted by Crippen LogP contribution is -2.44. The van der Waals surface area contributed by atoms with Gasteiger partial charge in [0.1, 0.15) is 18.9 Å². The molecule has 1 rings (SSSR count). The van der Waals surface area contributed by atoms with E-state index in [9.17, 15) is 14.4 Å². The predicted octanol–water partition coefficient (Wildman–Crippen LogP) is -0.803. The van der Waals surface area contributed by atoms with Gasteiger partial charge in [-0.15, -0.1) is 0 Å². The molecule has 0 aromatic carbocycles. The molecule has 0 spiro atoms. The molecule has 0 aliphatic carbocycles. The highest BCUT2D eigenvalue weighted by Gasteiger charge is 2.21. The van der Waals surface area contributed by atoms with Gasteiger partial charge in [-0.25, -0.2) is 14.3 Å². The number of rotatable bonds is 6. The summed E-state index contributed by atoms with van der Waals surface area (Å²) in [5.41, 5.74) is -0.425. The molecule has 8 heteroatoms. The van der Waals surface area contributed by atoms with Crippen molar-refractivity contribution >= 4 is 11.9 Å². The van der Waals surface area contributed by atoms with Gasteiger partial charge in [0, 0.05) is 7.05 Å². The van der Waals surface area contributed by atoms with E-state index < -0.39 is 23.6 Å². The van der Waals surface area contributed by atoms with E-state index in [1.807, 2.05) is 13.8 Å². The average Bonchev–Trinajstić information content (AvgIpc) is 2.59. The zero-order valence-electron chi connectivity index (χ0n) is 11.2. The minimum Gasteiger partial charge on any atom is -0.480 e. The zero-order valence-corrected chi connectivity index (χ0v) is 11.2. The molecule has 0 aliphatic rings. The molecule has 0 saturated heterocycles. The maximum atomic E-state index is 11.7. The van der Waals surface area contributed by atoms with Crippen LogP contribution in [0.15, 0.2) is 11.1 Å². The third-order valence-corrected chi connectivity index (χ3v) is 2.52. The number of carbonyl (C=O) groups is 2. The van der Waals surface area contributed by atoms with Crippen LogP contribution >= 0.6 is 0 Å².